The molecule has 0 saturated heterocycles. The molecule has 0 amide bonds. The second-order valence-electron chi connectivity index (χ2n) is 5.01. The lowest BCUT2D eigenvalue weighted by molar-refractivity contribution is 0.556. The van der Waals surface area contributed by atoms with E-state index in [1.807, 2.05) is 7.05 Å². The maximum atomic E-state index is 3.43. The Morgan fingerprint density at radius 1 is 0.895 bits per heavy atom. The number of hydrogen-bond acceptors (Lipinski definition) is 1. The Hall–Kier alpha value is -0.870. The van der Waals surface area contributed by atoms with Gasteiger partial charge in [0.1, 0.15) is 0 Å². The smallest absolute Gasteiger partial charge is 0.0145 e. The van der Waals surface area contributed by atoms with Crippen molar-refractivity contribution in [1.29, 1.82) is 0 Å². The molecule has 2 heteroatoms. The lowest BCUT2D eigenvalue weighted by Crippen LogP contribution is -2.29. The van der Waals surface area contributed by atoms with Crippen molar-refractivity contribution in [2.45, 2.75) is 25.8 Å². The number of nitrogens with one attached hydrogen (secondary N) is 1. The van der Waals surface area contributed by atoms with E-state index in [0.29, 0.717) is 6.04 Å². The summed E-state index contributed by atoms with van der Waals surface area (Å²) in [5, 5.41) is 3.43. The van der Waals surface area contributed by atoms with E-state index in [4.69, 9.17) is 0 Å². The summed E-state index contributed by atoms with van der Waals surface area (Å²) in [5.41, 5.74) is 4.12. The minimum Gasteiger partial charge on any atom is -0.316 e. The van der Waals surface area contributed by atoms with Crippen molar-refractivity contribution in [2.24, 2.45) is 0 Å². The van der Waals surface area contributed by atoms with Gasteiger partial charge in [-0.05, 0) is 72.7 Å². The summed E-state index contributed by atoms with van der Waals surface area (Å²) in [5.74, 6) is 0. The Labute approximate surface area is 129 Å². The molecule has 0 saturated carbocycles. The fourth-order valence-corrected chi connectivity index (χ4v) is 2.55. The van der Waals surface area contributed by atoms with Crippen molar-refractivity contribution in [3.8, 4) is 0 Å². The van der Waals surface area contributed by atoms with E-state index in [0.717, 1.165) is 12.8 Å². The monoisotopic (exact) mass is 365 g/mol. The predicted molar refractivity (Wildman–Crippen MR) is 90.6 cm³/mol. The third-order valence-corrected chi connectivity index (χ3v) is 4.13. The Balaban J connectivity index is 2.00. The maximum absolute atomic E-state index is 3.43. The van der Waals surface area contributed by atoms with Crippen molar-refractivity contribution in [1.82, 2.24) is 5.32 Å². The highest BCUT2D eigenvalue weighted by Gasteiger charge is 2.08. The van der Waals surface area contributed by atoms with E-state index in [9.17, 15) is 0 Å². The molecule has 0 spiro atoms. The molecule has 0 fully saturated rings. The normalized spacial score (nSPS) is 12.4. The van der Waals surface area contributed by atoms with Gasteiger partial charge in [-0.3, -0.25) is 0 Å². The van der Waals surface area contributed by atoms with Gasteiger partial charge in [-0.1, -0.05) is 42.0 Å². The Bertz CT molecular complexity index is 454. The predicted octanol–water partition coefficient (Wildman–Crippen LogP) is 3.97. The average Bonchev–Trinajstić information content (AvgIpc) is 2.43. The van der Waals surface area contributed by atoms with Gasteiger partial charge in [-0.15, -0.1) is 0 Å². The zero-order valence-corrected chi connectivity index (χ0v) is 13.6. The van der Waals surface area contributed by atoms with Crippen LogP contribution in [0.3, 0.4) is 0 Å². The number of aryl methyl sites for hydroxylation is 1. The van der Waals surface area contributed by atoms with E-state index in [1.54, 1.807) is 0 Å². The summed E-state index contributed by atoms with van der Waals surface area (Å²) in [6, 6.07) is 18.1. The largest absolute Gasteiger partial charge is 0.316 e. The molecule has 19 heavy (non-hydrogen) atoms. The van der Waals surface area contributed by atoms with Gasteiger partial charge >= 0.3 is 0 Å². The van der Waals surface area contributed by atoms with Crippen LogP contribution in [0.15, 0.2) is 48.5 Å². The molecule has 2 rings (SSSR count). The minimum atomic E-state index is 0.489. The molecule has 0 aliphatic carbocycles. The molecule has 0 aliphatic rings. The average molecular weight is 365 g/mol. The molecule has 0 bridgehead atoms. The van der Waals surface area contributed by atoms with Crippen molar-refractivity contribution in [2.75, 3.05) is 7.05 Å². The van der Waals surface area contributed by atoms with Crippen molar-refractivity contribution in [3.05, 3.63) is 68.8 Å². The molecule has 1 unspecified atom stereocenters. The van der Waals surface area contributed by atoms with Crippen LogP contribution in [0.5, 0.6) is 0 Å². The lowest BCUT2D eigenvalue weighted by atomic mass is 9.98. The molecular formula is C17H20IN. The Morgan fingerprint density at radius 3 is 1.84 bits per heavy atom. The highest BCUT2D eigenvalue weighted by atomic mass is 127. The van der Waals surface area contributed by atoms with Gasteiger partial charge in [0.25, 0.3) is 0 Å². The summed E-state index contributed by atoms with van der Waals surface area (Å²) < 4.78 is 1.29. The highest BCUT2D eigenvalue weighted by molar-refractivity contribution is 14.1. The quantitative estimate of drug-likeness (QED) is 0.791. The zero-order valence-electron chi connectivity index (χ0n) is 11.5. The van der Waals surface area contributed by atoms with Crippen molar-refractivity contribution >= 4 is 22.6 Å². The van der Waals surface area contributed by atoms with Crippen LogP contribution < -0.4 is 5.32 Å². The van der Waals surface area contributed by atoms with Gasteiger partial charge in [0.15, 0.2) is 0 Å². The topological polar surface area (TPSA) is 12.0 Å². The molecule has 100 valence electrons. The fourth-order valence-electron chi connectivity index (χ4n) is 2.19. The van der Waals surface area contributed by atoms with Gasteiger partial charge in [-0.2, -0.15) is 0 Å². The fraction of sp³-hybridized carbons (Fsp3) is 0.294. The van der Waals surface area contributed by atoms with E-state index in [-0.39, 0.29) is 0 Å². The van der Waals surface area contributed by atoms with Crippen LogP contribution in [0.2, 0.25) is 0 Å². The molecule has 1 nitrogen and oxygen atoms in total. The molecule has 2 aromatic carbocycles. The van der Waals surface area contributed by atoms with Gasteiger partial charge < -0.3 is 5.32 Å². The van der Waals surface area contributed by atoms with Crippen molar-refractivity contribution in [3.63, 3.8) is 0 Å². The van der Waals surface area contributed by atoms with Crippen LogP contribution in [0.4, 0.5) is 0 Å². The van der Waals surface area contributed by atoms with E-state index >= 15 is 0 Å². The molecule has 1 N–H and O–H groups in total. The Morgan fingerprint density at radius 2 is 1.37 bits per heavy atom. The van der Waals surface area contributed by atoms with Crippen molar-refractivity contribution < 1.29 is 0 Å². The third-order valence-electron chi connectivity index (χ3n) is 3.41. The number of halogens is 1. The van der Waals surface area contributed by atoms with Gasteiger partial charge in [0.05, 0.1) is 0 Å². The second-order valence-corrected chi connectivity index (χ2v) is 6.25. The maximum Gasteiger partial charge on any atom is 0.0145 e. The SMILES string of the molecule is CNC(Cc1ccc(C)cc1)Cc1ccc(I)cc1. The molecule has 1 atom stereocenters. The number of rotatable bonds is 5. The zero-order chi connectivity index (χ0) is 13.7. The standard InChI is InChI=1S/C17H20IN/c1-13-3-5-14(6-4-13)11-17(19-2)12-15-7-9-16(18)10-8-15/h3-10,17,19H,11-12H2,1-2H3. The molecule has 0 radical (unpaired) electrons. The van der Waals surface area contributed by atoms with E-state index in [2.05, 4.69) is 83.4 Å². The first kappa shape index (κ1) is 14.5. The lowest BCUT2D eigenvalue weighted by Gasteiger charge is -2.16. The first-order valence-corrected chi connectivity index (χ1v) is 7.72. The van der Waals surface area contributed by atoms with Crippen LogP contribution >= 0.6 is 22.6 Å². The van der Waals surface area contributed by atoms with Gasteiger partial charge in [0.2, 0.25) is 0 Å². The molecular weight excluding hydrogens is 345 g/mol. The minimum absolute atomic E-state index is 0.489. The molecule has 0 aliphatic heterocycles. The molecule has 0 aromatic heterocycles. The number of benzene rings is 2. The summed E-state index contributed by atoms with van der Waals surface area (Å²) in [4.78, 5) is 0. The third kappa shape index (κ3) is 4.62. The highest BCUT2D eigenvalue weighted by Crippen LogP contribution is 2.12. The number of hydrogen-bond donors (Lipinski definition) is 1. The summed E-state index contributed by atoms with van der Waals surface area (Å²) in [6.07, 6.45) is 2.14. The van der Waals surface area contributed by atoms with Crippen LogP contribution in [-0.2, 0) is 12.8 Å². The van der Waals surface area contributed by atoms with E-state index < -0.39 is 0 Å². The first-order valence-electron chi connectivity index (χ1n) is 6.64. The van der Waals surface area contributed by atoms with Crippen LogP contribution in [0, 0.1) is 10.5 Å². The van der Waals surface area contributed by atoms with E-state index in [1.165, 1.54) is 20.3 Å². The molecule has 0 heterocycles. The van der Waals surface area contributed by atoms with Crippen LogP contribution in [-0.4, -0.2) is 13.1 Å². The summed E-state index contributed by atoms with van der Waals surface area (Å²) >= 11 is 2.35. The van der Waals surface area contributed by atoms with Gasteiger partial charge in [-0.25, -0.2) is 0 Å². The summed E-state index contributed by atoms with van der Waals surface area (Å²) in [7, 11) is 2.05. The first-order chi connectivity index (χ1) is 9.17. The second kappa shape index (κ2) is 7.06. The Kier molecular flexibility index (Phi) is 5.40. The van der Waals surface area contributed by atoms with Gasteiger partial charge in [0, 0.05) is 9.61 Å². The van der Waals surface area contributed by atoms with Crippen LogP contribution in [0.25, 0.3) is 0 Å². The summed E-state index contributed by atoms with van der Waals surface area (Å²) in [6.45, 7) is 2.13. The molecule has 2 aromatic rings. The number of likely N-dealkylation sites (N-methyl/N-ethyl adjacent to an activating group) is 1. The van der Waals surface area contributed by atoms with Crippen LogP contribution in [0.1, 0.15) is 16.7 Å².